The Morgan fingerprint density at radius 3 is 2.88 bits per heavy atom. The molecule has 0 bridgehead atoms. The number of rotatable bonds is 4. The Labute approximate surface area is 105 Å². The third kappa shape index (κ3) is 4.22. The number of carbonyl (C=O) groups excluding carboxylic acids is 1. The van der Waals surface area contributed by atoms with Crippen molar-refractivity contribution < 1.29 is 4.79 Å². The van der Waals surface area contributed by atoms with Crippen molar-refractivity contribution in [2.75, 3.05) is 6.54 Å². The summed E-state index contributed by atoms with van der Waals surface area (Å²) in [6.45, 7) is 10.3. The Kier molecular flexibility index (Phi) is 5.20. The van der Waals surface area contributed by atoms with Crippen molar-refractivity contribution in [2.24, 2.45) is 11.8 Å². The molecular weight excluding hydrogens is 210 g/mol. The van der Waals surface area contributed by atoms with Crippen LogP contribution in [0.25, 0.3) is 0 Å². The maximum absolute atomic E-state index is 11.2. The lowest BCUT2D eigenvalue weighted by Crippen LogP contribution is -2.22. The van der Waals surface area contributed by atoms with Gasteiger partial charge in [0.05, 0.1) is 0 Å². The predicted octanol–water partition coefficient (Wildman–Crippen LogP) is 3.53. The first-order valence-electron chi connectivity index (χ1n) is 6.26. The van der Waals surface area contributed by atoms with Gasteiger partial charge in [-0.1, -0.05) is 37.3 Å². The molecule has 0 aliphatic heterocycles. The summed E-state index contributed by atoms with van der Waals surface area (Å²) in [5.41, 5.74) is 1.50. The maximum atomic E-state index is 11.2. The number of hydrogen-bond acceptors (Lipinski definition) is 1. The Hall–Kier alpha value is -1.31. The van der Waals surface area contributed by atoms with Gasteiger partial charge in [-0.25, -0.2) is 0 Å². The predicted molar refractivity (Wildman–Crippen MR) is 72.4 cm³/mol. The van der Waals surface area contributed by atoms with E-state index >= 15 is 0 Å². The monoisotopic (exact) mass is 233 g/mol. The number of carbonyl (C=O) groups is 1. The normalized spacial score (nSPS) is 24.5. The van der Waals surface area contributed by atoms with E-state index in [1.165, 1.54) is 12.0 Å². The summed E-state index contributed by atoms with van der Waals surface area (Å²) in [6, 6.07) is 0. The summed E-state index contributed by atoms with van der Waals surface area (Å²) >= 11 is 0. The second-order valence-corrected chi connectivity index (χ2v) is 4.91. The first kappa shape index (κ1) is 13.8. The van der Waals surface area contributed by atoms with Gasteiger partial charge < -0.3 is 4.90 Å². The van der Waals surface area contributed by atoms with Crippen molar-refractivity contribution in [3.8, 4) is 0 Å². The van der Waals surface area contributed by atoms with Crippen molar-refractivity contribution in [3.05, 3.63) is 36.6 Å². The van der Waals surface area contributed by atoms with Crippen molar-refractivity contribution in [1.82, 2.24) is 4.90 Å². The van der Waals surface area contributed by atoms with E-state index in [1.807, 2.05) is 0 Å². The third-order valence-electron chi connectivity index (χ3n) is 3.42. The van der Waals surface area contributed by atoms with Crippen LogP contribution in [0.3, 0.4) is 0 Å². The zero-order chi connectivity index (χ0) is 12.8. The van der Waals surface area contributed by atoms with Crippen LogP contribution < -0.4 is 0 Å². The van der Waals surface area contributed by atoms with Crippen LogP contribution in [0.15, 0.2) is 36.6 Å². The van der Waals surface area contributed by atoms with Crippen LogP contribution in [-0.2, 0) is 4.79 Å². The maximum Gasteiger partial charge on any atom is 0.223 e. The Morgan fingerprint density at radius 2 is 2.35 bits per heavy atom. The molecule has 1 aliphatic rings. The van der Waals surface area contributed by atoms with Crippen LogP contribution in [0.5, 0.6) is 0 Å². The van der Waals surface area contributed by atoms with E-state index in [0.29, 0.717) is 18.4 Å². The van der Waals surface area contributed by atoms with Gasteiger partial charge in [0.2, 0.25) is 5.91 Å². The fourth-order valence-corrected chi connectivity index (χ4v) is 2.26. The van der Waals surface area contributed by atoms with E-state index in [2.05, 4.69) is 38.7 Å². The van der Waals surface area contributed by atoms with Gasteiger partial charge in [0.15, 0.2) is 0 Å². The molecule has 0 spiro atoms. The van der Waals surface area contributed by atoms with Crippen molar-refractivity contribution in [1.29, 1.82) is 0 Å². The Morgan fingerprint density at radius 1 is 1.65 bits per heavy atom. The molecule has 0 aromatic heterocycles. The zero-order valence-electron chi connectivity index (χ0n) is 11.1. The second kappa shape index (κ2) is 6.43. The van der Waals surface area contributed by atoms with Gasteiger partial charge in [-0.3, -0.25) is 4.79 Å². The van der Waals surface area contributed by atoms with Gasteiger partial charge in [0.25, 0.3) is 0 Å². The summed E-state index contributed by atoms with van der Waals surface area (Å²) < 4.78 is 0. The minimum absolute atomic E-state index is 0.0390. The van der Waals surface area contributed by atoms with Gasteiger partial charge >= 0.3 is 0 Å². The van der Waals surface area contributed by atoms with Crippen LogP contribution in [0, 0.1) is 11.8 Å². The summed E-state index contributed by atoms with van der Waals surface area (Å²) in [6.07, 6.45) is 10.5. The van der Waals surface area contributed by atoms with E-state index in [-0.39, 0.29) is 5.91 Å². The number of amides is 1. The lowest BCUT2D eigenvalue weighted by atomic mass is 9.81. The average molecular weight is 233 g/mol. The molecule has 0 aromatic rings. The lowest BCUT2D eigenvalue weighted by molar-refractivity contribution is -0.125. The molecule has 0 heterocycles. The van der Waals surface area contributed by atoms with Gasteiger partial charge in [-0.05, 0) is 37.8 Å². The fraction of sp³-hybridized carbons (Fsp3) is 0.533. The van der Waals surface area contributed by atoms with Gasteiger partial charge in [0, 0.05) is 13.5 Å². The SMILES string of the molecule is C=CN(CC=CC1CC=C(C)CC1C)C(C)=O. The molecule has 0 saturated carbocycles. The molecule has 2 atom stereocenters. The Balaban J connectivity index is 2.49. The van der Waals surface area contributed by atoms with Crippen LogP contribution in [0.4, 0.5) is 0 Å². The van der Waals surface area contributed by atoms with Gasteiger partial charge in [0.1, 0.15) is 0 Å². The summed E-state index contributed by atoms with van der Waals surface area (Å²) in [5, 5.41) is 0. The highest BCUT2D eigenvalue weighted by Crippen LogP contribution is 2.29. The molecule has 1 aliphatic carbocycles. The van der Waals surface area contributed by atoms with Crippen LogP contribution in [-0.4, -0.2) is 17.4 Å². The average Bonchev–Trinajstić information content (AvgIpc) is 2.26. The minimum Gasteiger partial charge on any atom is -0.316 e. The highest BCUT2D eigenvalue weighted by atomic mass is 16.2. The zero-order valence-corrected chi connectivity index (χ0v) is 11.1. The standard InChI is InChI=1S/C15H23NO/c1-5-16(14(4)17)10-6-7-15-9-8-12(2)11-13(15)3/h5-8,13,15H,1,9-11H2,2-4H3. The van der Waals surface area contributed by atoms with Crippen LogP contribution in [0.1, 0.15) is 33.6 Å². The third-order valence-corrected chi connectivity index (χ3v) is 3.42. The molecule has 2 unspecified atom stereocenters. The van der Waals surface area contributed by atoms with Gasteiger partial charge in [-0.2, -0.15) is 0 Å². The quantitative estimate of drug-likeness (QED) is 0.680. The topological polar surface area (TPSA) is 20.3 Å². The van der Waals surface area contributed by atoms with Crippen molar-refractivity contribution >= 4 is 5.91 Å². The minimum atomic E-state index is 0.0390. The molecular formula is C15H23NO. The highest BCUT2D eigenvalue weighted by molar-refractivity contribution is 5.74. The molecule has 1 rings (SSSR count). The highest BCUT2D eigenvalue weighted by Gasteiger charge is 2.17. The largest absolute Gasteiger partial charge is 0.316 e. The van der Waals surface area contributed by atoms with Crippen LogP contribution in [0.2, 0.25) is 0 Å². The fourth-order valence-electron chi connectivity index (χ4n) is 2.26. The van der Waals surface area contributed by atoms with E-state index in [1.54, 1.807) is 18.0 Å². The second-order valence-electron chi connectivity index (χ2n) is 4.91. The van der Waals surface area contributed by atoms with Crippen molar-refractivity contribution in [2.45, 2.75) is 33.6 Å². The molecule has 94 valence electrons. The molecule has 0 N–H and O–H groups in total. The molecule has 0 aromatic carbocycles. The van der Waals surface area contributed by atoms with E-state index in [0.717, 1.165) is 6.42 Å². The van der Waals surface area contributed by atoms with Crippen molar-refractivity contribution in [3.63, 3.8) is 0 Å². The molecule has 0 radical (unpaired) electrons. The van der Waals surface area contributed by atoms with E-state index < -0.39 is 0 Å². The first-order valence-corrected chi connectivity index (χ1v) is 6.26. The number of nitrogens with zero attached hydrogens (tertiary/aromatic N) is 1. The Bertz CT molecular complexity index is 341. The van der Waals surface area contributed by atoms with E-state index in [9.17, 15) is 4.79 Å². The molecule has 0 saturated heterocycles. The summed E-state index contributed by atoms with van der Waals surface area (Å²) in [4.78, 5) is 12.8. The number of hydrogen-bond donors (Lipinski definition) is 0. The molecule has 0 fully saturated rings. The first-order chi connectivity index (χ1) is 8.04. The summed E-state index contributed by atoms with van der Waals surface area (Å²) in [5.74, 6) is 1.35. The number of allylic oxidation sites excluding steroid dienone is 3. The van der Waals surface area contributed by atoms with Gasteiger partial charge in [-0.15, -0.1) is 0 Å². The lowest BCUT2D eigenvalue weighted by Gasteiger charge is -2.25. The smallest absolute Gasteiger partial charge is 0.223 e. The molecule has 2 nitrogen and oxygen atoms in total. The molecule has 1 amide bonds. The van der Waals surface area contributed by atoms with Crippen LogP contribution >= 0.6 is 0 Å². The molecule has 2 heteroatoms. The summed E-state index contributed by atoms with van der Waals surface area (Å²) in [7, 11) is 0. The van der Waals surface area contributed by atoms with E-state index in [4.69, 9.17) is 0 Å². The molecule has 17 heavy (non-hydrogen) atoms.